The molecule has 3 aromatic rings. The zero-order chi connectivity index (χ0) is 21.1. The minimum absolute atomic E-state index is 0.0626. The van der Waals surface area contributed by atoms with Gasteiger partial charge in [-0.05, 0) is 55.5 Å². The van der Waals surface area contributed by atoms with E-state index >= 15 is 0 Å². The van der Waals surface area contributed by atoms with Gasteiger partial charge in [-0.15, -0.1) is 11.3 Å². The molecule has 2 aromatic heterocycles. The predicted molar refractivity (Wildman–Crippen MR) is 121 cm³/mol. The number of pyridine rings is 1. The third-order valence-corrected chi connectivity index (χ3v) is 6.40. The average Bonchev–Trinajstić information content (AvgIpc) is 3.31. The highest BCUT2D eigenvalue weighted by molar-refractivity contribution is 7.80. The average molecular weight is 441 g/mol. The van der Waals surface area contributed by atoms with Gasteiger partial charge in [-0.25, -0.2) is 4.39 Å². The summed E-state index contributed by atoms with van der Waals surface area (Å²) in [7, 11) is 0. The molecule has 8 heteroatoms. The summed E-state index contributed by atoms with van der Waals surface area (Å²) in [6.45, 7) is 2.48. The van der Waals surface area contributed by atoms with E-state index in [2.05, 4.69) is 34.7 Å². The van der Waals surface area contributed by atoms with Crippen molar-refractivity contribution in [3.63, 3.8) is 0 Å². The molecular formula is C22H21FN4OS2. The summed E-state index contributed by atoms with van der Waals surface area (Å²) in [5.41, 5.74) is 1.08. The summed E-state index contributed by atoms with van der Waals surface area (Å²) >= 11 is 7.31. The van der Waals surface area contributed by atoms with Crippen molar-refractivity contribution in [3.05, 3.63) is 82.1 Å². The van der Waals surface area contributed by atoms with Crippen molar-refractivity contribution in [3.8, 4) is 0 Å². The van der Waals surface area contributed by atoms with E-state index in [-0.39, 0.29) is 30.1 Å². The molecule has 4 rings (SSSR count). The number of thiophene rings is 1. The van der Waals surface area contributed by atoms with E-state index in [4.69, 9.17) is 12.2 Å². The Morgan fingerprint density at radius 1 is 1.23 bits per heavy atom. The number of benzene rings is 1. The normalized spacial score (nSPS) is 18.3. The molecule has 0 unspecified atom stereocenters. The van der Waals surface area contributed by atoms with Crippen LogP contribution in [0.1, 0.15) is 34.0 Å². The van der Waals surface area contributed by atoms with E-state index < -0.39 is 5.82 Å². The highest BCUT2D eigenvalue weighted by atomic mass is 32.1. The maximum absolute atomic E-state index is 13.8. The quantitative estimate of drug-likeness (QED) is 0.549. The second-order valence-electron chi connectivity index (χ2n) is 7.05. The van der Waals surface area contributed by atoms with Crippen LogP contribution >= 0.6 is 23.6 Å². The molecule has 1 saturated heterocycles. The van der Waals surface area contributed by atoms with Crippen molar-refractivity contribution in [2.45, 2.75) is 25.4 Å². The first-order valence-corrected chi connectivity index (χ1v) is 10.8. The Morgan fingerprint density at radius 3 is 2.73 bits per heavy atom. The number of halogens is 1. The Kier molecular flexibility index (Phi) is 6.06. The first-order chi connectivity index (χ1) is 14.5. The molecule has 1 aromatic carbocycles. The van der Waals surface area contributed by atoms with Gasteiger partial charge in [0.25, 0.3) is 0 Å². The minimum Gasteiger partial charge on any atom is -0.352 e. The van der Waals surface area contributed by atoms with Gasteiger partial charge >= 0.3 is 0 Å². The fourth-order valence-electron chi connectivity index (χ4n) is 3.56. The molecule has 2 atom stereocenters. The van der Waals surface area contributed by atoms with E-state index in [0.29, 0.717) is 11.7 Å². The number of aryl methyl sites for hydroxylation is 1. The smallest absolute Gasteiger partial charge is 0.226 e. The molecule has 1 aliphatic heterocycles. The number of rotatable bonds is 6. The number of nitrogens with zero attached hydrogens (tertiary/aromatic N) is 2. The second-order valence-corrected chi connectivity index (χ2v) is 8.75. The van der Waals surface area contributed by atoms with Crippen LogP contribution in [0.15, 0.2) is 60.8 Å². The summed E-state index contributed by atoms with van der Waals surface area (Å²) in [6, 6.07) is 16.0. The van der Waals surface area contributed by atoms with Crippen LogP contribution in [0, 0.1) is 12.7 Å². The maximum atomic E-state index is 13.8. The van der Waals surface area contributed by atoms with Gasteiger partial charge in [-0.3, -0.25) is 9.78 Å². The van der Waals surface area contributed by atoms with Crippen LogP contribution in [0.25, 0.3) is 0 Å². The monoisotopic (exact) mass is 440 g/mol. The summed E-state index contributed by atoms with van der Waals surface area (Å²) in [4.78, 5) is 21.4. The molecule has 1 amide bonds. The van der Waals surface area contributed by atoms with E-state index in [9.17, 15) is 9.18 Å². The molecular weight excluding hydrogens is 419 g/mol. The third-order valence-electron chi connectivity index (χ3n) is 4.98. The van der Waals surface area contributed by atoms with Crippen LogP contribution in [-0.4, -0.2) is 27.4 Å². The summed E-state index contributed by atoms with van der Waals surface area (Å²) < 4.78 is 13.8. The highest BCUT2D eigenvalue weighted by Gasteiger charge is 2.40. The van der Waals surface area contributed by atoms with Gasteiger partial charge in [-0.1, -0.05) is 18.2 Å². The van der Waals surface area contributed by atoms with Crippen LogP contribution < -0.4 is 10.6 Å². The van der Waals surface area contributed by atoms with Gasteiger partial charge in [-0.2, -0.15) is 0 Å². The second kappa shape index (κ2) is 8.89. The number of hydrogen-bond acceptors (Lipinski definition) is 4. The fourth-order valence-corrected chi connectivity index (χ4v) is 4.92. The number of thiocarbonyl (C=S) groups is 1. The molecule has 30 heavy (non-hydrogen) atoms. The Hall–Kier alpha value is -2.84. The van der Waals surface area contributed by atoms with Crippen LogP contribution in [-0.2, 0) is 4.79 Å². The highest BCUT2D eigenvalue weighted by Crippen LogP contribution is 2.41. The van der Waals surface area contributed by atoms with Crippen LogP contribution in [0.3, 0.4) is 0 Å². The molecule has 1 fully saturated rings. The number of carbonyl (C=O) groups excluding carboxylic acids is 1. The van der Waals surface area contributed by atoms with E-state index in [1.807, 2.05) is 23.1 Å². The summed E-state index contributed by atoms with van der Waals surface area (Å²) in [6.07, 6.45) is 1.95. The lowest BCUT2D eigenvalue weighted by Crippen LogP contribution is -2.32. The van der Waals surface area contributed by atoms with Crippen LogP contribution in [0.5, 0.6) is 0 Å². The van der Waals surface area contributed by atoms with Crippen molar-refractivity contribution in [2.24, 2.45) is 0 Å². The number of anilines is 1. The van der Waals surface area contributed by atoms with Crippen LogP contribution in [0.4, 0.5) is 10.1 Å². The molecule has 0 radical (unpaired) electrons. The van der Waals surface area contributed by atoms with Gasteiger partial charge in [0, 0.05) is 28.9 Å². The summed E-state index contributed by atoms with van der Waals surface area (Å²) in [5, 5.41) is 6.59. The molecule has 0 aliphatic carbocycles. The first kappa shape index (κ1) is 20.4. The molecule has 5 nitrogen and oxygen atoms in total. The van der Waals surface area contributed by atoms with E-state index in [1.54, 1.807) is 35.7 Å². The minimum atomic E-state index is -0.452. The zero-order valence-electron chi connectivity index (χ0n) is 16.3. The van der Waals surface area contributed by atoms with Gasteiger partial charge in [0.15, 0.2) is 5.11 Å². The van der Waals surface area contributed by atoms with Crippen molar-refractivity contribution < 1.29 is 9.18 Å². The van der Waals surface area contributed by atoms with E-state index in [0.717, 1.165) is 10.6 Å². The SMILES string of the molecule is Cc1ccc([C@H]2[C@@H](c3ccccn3)NC(=S)N2CCC(=O)Nc2ccccc2F)s1. The van der Waals surface area contributed by atoms with Crippen molar-refractivity contribution in [1.82, 2.24) is 15.2 Å². The lowest BCUT2D eigenvalue weighted by Gasteiger charge is -2.26. The number of nitrogens with one attached hydrogen (secondary N) is 2. The van der Waals surface area contributed by atoms with E-state index in [1.165, 1.54) is 10.9 Å². The molecule has 0 bridgehead atoms. The van der Waals surface area contributed by atoms with Gasteiger partial charge in [0.1, 0.15) is 5.82 Å². The zero-order valence-corrected chi connectivity index (χ0v) is 18.0. The lowest BCUT2D eigenvalue weighted by atomic mass is 10.0. The Morgan fingerprint density at radius 2 is 2.03 bits per heavy atom. The molecule has 0 saturated carbocycles. The molecule has 154 valence electrons. The van der Waals surface area contributed by atoms with Crippen molar-refractivity contribution >= 4 is 40.3 Å². The Balaban J connectivity index is 1.52. The number of carbonyl (C=O) groups is 1. The summed E-state index contributed by atoms with van der Waals surface area (Å²) in [5.74, 6) is -0.711. The lowest BCUT2D eigenvalue weighted by molar-refractivity contribution is -0.116. The number of aromatic nitrogens is 1. The number of amides is 1. The molecule has 3 heterocycles. The molecule has 1 aliphatic rings. The largest absolute Gasteiger partial charge is 0.352 e. The maximum Gasteiger partial charge on any atom is 0.226 e. The first-order valence-electron chi connectivity index (χ1n) is 9.61. The number of para-hydroxylation sites is 1. The van der Waals surface area contributed by atoms with Crippen molar-refractivity contribution in [2.75, 3.05) is 11.9 Å². The standard InChI is InChI=1S/C22H21FN4OS2/c1-14-9-10-18(30-14)21-20(17-8-4-5-12-24-17)26-22(29)27(21)13-11-19(28)25-16-7-3-2-6-15(16)23/h2-10,12,20-21H,11,13H2,1H3,(H,25,28)(H,26,29)/t20-,21+/m1/s1. The van der Waals surface area contributed by atoms with Gasteiger partial charge < -0.3 is 15.5 Å². The molecule has 2 N–H and O–H groups in total. The Labute approximate surface area is 183 Å². The van der Waals surface area contributed by atoms with Gasteiger partial charge in [0.2, 0.25) is 5.91 Å². The van der Waals surface area contributed by atoms with Gasteiger partial charge in [0.05, 0.1) is 23.5 Å². The van der Waals surface area contributed by atoms with Crippen LogP contribution in [0.2, 0.25) is 0 Å². The fraction of sp³-hybridized carbons (Fsp3) is 0.227. The number of hydrogen-bond donors (Lipinski definition) is 2. The molecule has 0 spiro atoms. The predicted octanol–water partition coefficient (Wildman–Crippen LogP) is 4.59. The van der Waals surface area contributed by atoms with Crippen molar-refractivity contribution in [1.29, 1.82) is 0 Å². The topological polar surface area (TPSA) is 57.3 Å². The third kappa shape index (κ3) is 4.34. The Bertz CT molecular complexity index is 1060.